The third-order valence-corrected chi connectivity index (χ3v) is 11.7. The maximum atomic E-state index is 2.41. The maximum absolute atomic E-state index is 2.41. The highest BCUT2D eigenvalue weighted by Crippen LogP contribution is 2.53. The molecule has 9 aromatic carbocycles. The van der Waals surface area contributed by atoms with Crippen LogP contribution in [-0.2, 0) is 5.41 Å². The van der Waals surface area contributed by atoms with Crippen LogP contribution in [0, 0.1) is 0 Å². The second-order valence-electron chi connectivity index (χ2n) is 15.3. The zero-order valence-electron chi connectivity index (χ0n) is 31.7. The normalized spacial score (nSPS) is 12.6. The van der Waals surface area contributed by atoms with Crippen LogP contribution in [0.25, 0.3) is 66.4 Å². The quantitative estimate of drug-likeness (QED) is 0.159. The summed E-state index contributed by atoms with van der Waals surface area (Å²) in [4.78, 5) is 2.39. The number of nitrogens with zero attached hydrogens (tertiary/aromatic N) is 1. The minimum atomic E-state index is -0.126. The Morgan fingerprint density at radius 2 is 0.839 bits per heavy atom. The number of hydrogen-bond donors (Lipinski definition) is 0. The summed E-state index contributed by atoms with van der Waals surface area (Å²) in [6.07, 6.45) is 0. The highest BCUT2D eigenvalue weighted by molar-refractivity contribution is 5.99. The van der Waals surface area contributed by atoms with E-state index in [4.69, 9.17) is 0 Å². The molecule has 0 saturated carbocycles. The van der Waals surface area contributed by atoms with Crippen molar-refractivity contribution in [1.82, 2.24) is 0 Å². The van der Waals surface area contributed by atoms with Crippen molar-refractivity contribution in [2.24, 2.45) is 0 Å². The third kappa shape index (κ3) is 5.72. The fraction of sp³-hybridized carbons (Fsp3) is 0.0545. The molecule has 0 aromatic heterocycles. The van der Waals surface area contributed by atoms with Gasteiger partial charge >= 0.3 is 0 Å². The Morgan fingerprint density at radius 3 is 1.55 bits per heavy atom. The van der Waals surface area contributed by atoms with Crippen molar-refractivity contribution in [3.8, 4) is 55.6 Å². The van der Waals surface area contributed by atoms with Crippen LogP contribution in [0.1, 0.15) is 25.0 Å². The fourth-order valence-corrected chi connectivity index (χ4v) is 8.96. The Bertz CT molecular complexity index is 2840. The van der Waals surface area contributed by atoms with E-state index in [0.717, 1.165) is 17.1 Å². The predicted molar refractivity (Wildman–Crippen MR) is 238 cm³/mol. The van der Waals surface area contributed by atoms with Crippen molar-refractivity contribution >= 4 is 27.8 Å². The number of anilines is 3. The van der Waals surface area contributed by atoms with Gasteiger partial charge in [0.25, 0.3) is 0 Å². The molecular formula is C55H41N. The van der Waals surface area contributed by atoms with Crippen molar-refractivity contribution in [2.45, 2.75) is 19.3 Å². The summed E-state index contributed by atoms with van der Waals surface area (Å²) in [6, 6.07) is 77.5. The van der Waals surface area contributed by atoms with E-state index < -0.39 is 0 Å². The molecule has 0 spiro atoms. The molecular weight excluding hydrogens is 675 g/mol. The SMILES string of the molecule is CC1(C)c2ccccc2-c2cccc(-c3cc(-c4ccc(N(c5ccc(-c6ccccc6)cc5)c5cccc6ccccc56)cc4)ccc3-c3ccccc3)c21. The van der Waals surface area contributed by atoms with Crippen LogP contribution in [-0.4, -0.2) is 0 Å². The zero-order valence-corrected chi connectivity index (χ0v) is 31.7. The fourth-order valence-electron chi connectivity index (χ4n) is 8.96. The Kier molecular flexibility index (Phi) is 8.23. The van der Waals surface area contributed by atoms with Gasteiger partial charge in [0.1, 0.15) is 0 Å². The van der Waals surface area contributed by atoms with Gasteiger partial charge in [-0.15, -0.1) is 0 Å². The summed E-state index contributed by atoms with van der Waals surface area (Å²) in [6.45, 7) is 4.76. The van der Waals surface area contributed by atoms with E-state index in [1.165, 1.54) is 77.5 Å². The van der Waals surface area contributed by atoms with Crippen molar-refractivity contribution in [2.75, 3.05) is 4.90 Å². The van der Waals surface area contributed by atoms with E-state index in [1.807, 2.05) is 0 Å². The van der Waals surface area contributed by atoms with Gasteiger partial charge in [-0.05, 0) is 109 Å². The van der Waals surface area contributed by atoms with Crippen LogP contribution in [0.5, 0.6) is 0 Å². The monoisotopic (exact) mass is 715 g/mol. The Morgan fingerprint density at radius 1 is 0.339 bits per heavy atom. The van der Waals surface area contributed by atoms with Crippen molar-refractivity contribution < 1.29 is 0 Å². The average Bonchev–Trinajstić information content (AvgIpc) is 3.51. The lowest BCUT2D eigenvalue weighted by molar-refractivity contribution is 0.662. The number of hydrogen-bond acceptors (Lipinski definition) is 1. The van der Waals surface area contributed by atoms with Gasteiger partial charge in [0.15, 0.2) is 0 Å². The molecule has 0 radical (unpaired) electrons. The summed E-state index contributed by atoms with van der Waals surface area (Å²) in [5, 5.41) is 2.44. The molecule has 0 atom stereocenters. The van der Waals surface area contributed by atoms with Gasteiger partial charge in [0.05, 0.1) is 5.69 Å². The smallest absolute Gasteiger partial charge is 0.0540 e. The summed E-state index contributed by atoms with van der Waals surface area (Å²) in [7, 11) is 0. The molecule has 0 fully saturated rings. The van der Waals surface area contributed by atoms with E-state index >= 15 is 0 Å². The van der Waals surface area contributed by atoms with Gasteiger partial charge in [-0.25, -0.2) is 0 Å². The van der Waals surface area contributed by atoms with E-state index in [1.54, 1.807) is 0 Å². The lowest BCUT2D eigenvalue weighted by atomic mass is 9.77. The largest absolute Gasteiger partial charge is 0.310 e. The third-order valence-electron chi connectivity index (χ3n) is 11.7. The summed E-state index contributed by atoms with van der Waals surface area (Å²) in [5.74, 6) is 0. The number of rotatable bonds is 7. The minimum absolute atomic E-state index is 0.126. The molecule has 0 heterocycles. The summed E-state index contributed by atoms with van der Waals surface area (Å²) >= 11 is 0. The van der Waals surface area contributed by atoms with Crippen LogP contribution in [0.15, 0.2) is 212 Å². The zero-order chi connectivity index (χ0) is 37.6. The minimum Gasteiger partial charge on any atom is -0.310 e. The molecule has 1 nitrogen and oxygen atoms in total. The van der Waals surface area contributed by atoms with E-state index in [0.29, 0.717) is 0 Å². The molecule has 0 bridgehead atoms. The highest BCUT2D eigenvalue weighted by atomic mass is 15.1. The Hall–Kier alpha value is -6.96. The second kappa shape index (κ2) is 13.7. The standard InChI is InChI=1S/C55H41N/c1-55(2)52-25-12-11-22-48(52)49-23-14-24-50(54(49)55)51-37-43(31-36-46(51)41-17-7-4-8-18-41)40-29-34-45(35-30-40)56(53-26-13-20-42-19-9-10-21-47(42)53)44-32-27-39(28-33-44)38-15-5-3-6-16-38/h3-37H,1-2H3. The summed E-state index contributed by atoms with van der Waals surface area (Å²) in [5.41, 5.74) is 18.5. The predicted octanol–water partition coefficient (Wildman–Crippen LogP) is 15.3. The van der Waals surface area contributed by atoms with Gasteiger partial charge < -0.3 is 4.90 Å². The molecule has 0 saturated heterocycles. The Labute approximate surface area is 329 Å². The van der Waals surface area contributed by atoms with E-state index in [9.17, 15) is 0 Å². The van der Waals surface area contributed by atoms with Crippen LogP contribution < -0.4 is 4.90 Å². The van der Waals surface area contributed by atoms with Crippen molar-refractivity contribution in [3.63, 3.8) is 0 Å². The molecule has 56 heavy (non-hydrogen) atoms. The molecule has 0 amide bonds. The second-order valence-corrected chi connectivity index (χ2v) is 15.3. The lowest BCUT2D eigenvalue weighted by Gasteiger charge is -2.27. The van der Waals surface area contributed by atoms with Crippen LogP contribution in [0.4, 0.5) is 17.1 Å². The van der Waals surface area contributed by atoms with E-state index in [-0.39, 0.29) is 5.41 Å². The van der Waals surface area contributed by atoms with Gasteiger partial charge in [0, 0.05) is 22.2 Å². The van der Waals surface area contributed by atoms with Crippen molar-refractivity contribution in [3.05, 3.63) is 223 Å². The molecule has 0 unspecified atom stereocenters. The van der Waals surface area contributed by atoms with Crippen LogP contribution >= 0.6 is 0 Å². The molecule has 1 aliphatic rings. The average molecular weight is 716 g/mol. The van der Waals surface area contributed by atoms with Crippen LogP contribution in [0.2, 0.25) is 0 Å². The molecule has 0 aliphatic heterocycles. The first-order valence-corrected chi connectivity index (χ1v) is 19.5. The molecule has 0 N–H and O–H groups in total. The van der Waals surface area contributed by atoms with Gasteiger partial charge in [0.2, 0.25) is 0 Å². The molecule has 1 aliphatic carbocycles. The number of benzene rings is 9. The van der Waals surface area contributed by atoms with Gasteiger partial charge in [-0.2, -0.15) is 0 Å². The molecule has 266 valence electrons. The first kappa shape index (κ1) is 33.6. The lowest BCUT2D eigenvalue weighted by Crippen LogP contribution is -2.16. The summed E-state index contributed by atoms with van der Waals surface area (Å²) < 4.78 is 0. The maximum Gasteiger partial charge on any atom is 0.0540 e. The van der Waals surface area contributed by atoms with Gasteiger partial charge in [-0.1, -0.05) is 190 Å². The Balaban J connectivity index is 1.09. The number of fused-ring (bicyclic) bond motifs is 4. The topological polar surface area (TPSA) is 3.24 Å². The molecule has 1 heteroatoms. The van der Waals surface area contributed by atoms with Gasteiger partial charge in [-0.3, -0.25) is 0 Å². The molecule has 9 aromatic rings. The van der Waals surface area contributed by atoms with Crippen LogP contribution in [0.3, 0.4) is 0 Å². The molecule has 10 rings (SSSR count). The van der Waals surface area contributed by atoms with Crippen molar-refractivity contribution in [1.29, 1.82) is 0 Å². The van der Waals surface area contributed by atoms with E-state index in [2.05, 4.69) is 231 Å². The highest BCUT2D eigenvalue weighted by Gasteiger charge is 2.37. The first-order chi connectivity index (χ1) is 27.5. The first-order valence-electron chi connectivity index (χ1n) is 19.5.